The van der Waals surface area contributed by atoms with Gasteiger partial charge in [0.15, 0.2) is 0 Å². The molecule has 0 radical (unpaired) electrons. The minimum atomic E-state index is 0. The highest BCUT2D eigenvalue weighted by Crippen LogP contribution is 1.57. The minimum Gasteiger partial charge on any atom is -1.00 e. The van der Waals surface area contributed by atoms with E-state index >= 15 is 0 Å². The van der Waals surface area contributed by atoms with Crippen LogP contribution in [-0.2, 0) is 0 Å². The van der Waals surface area contributed by atoms with Crippen molar-refractivity contribution >= 4 is 0 Å². The molecule has 2 heteroatoms. The van der Waals surface area contributed by atoms with E-state index in [-0.39, 0.29) is 12.4 Å². The fraction of sp³-hybridized carbons (Fsp3) is 1.00. The zero-order chi connectivity index (χ0) is 3.41. The molecule has 0 heterocycles. The highest BCUT2D eigenvalue weighted by molar-refractivity contribution is 4.19. The molecule has 2 N–H and O–H groups in total. The average Bonchev–Trinajstić information content (AvgIpc) is 1.37. The smallest absolute Gasteiger partial charge is 0.00799 e. The molecule has 0 aliphatic rings. The number of halogens is 1. The molecule has 0 aliphatic carbocycles. The van der Waals surface area contributed by atoms with E-state index < -0.39 is 0 Å². The quantitative estimate of drug-likeness (QED) is 0.378. The van der Waals surface area contributed by atoms with Crippen LogP contribution >= 0.6 is 0 Å². The summed E-state index contributed by atoms with van der Waals surface area (Å²) in [6, 6.07) is 0. The van der Waals surface area contributed by atoms with Crippen LogP contribution in [0.1, 0.15) is 13.3 Å². The van der Waals surface area contributed by atoms with Gasteiger partial charge in [-0.15, -0.1) is 0 Å². The Morgan fingerprint density at radius 2 is 1.80 bits per heavy atom. The average molecular weight is 94.6 g/mol. The molecule has 0 aromatic heterocycles. The second-order valence-corrected chi connectivity index (χ2v) is 0.789. The van der Waals surface area contributed by atoms with Crippen molar-refractivity contribution in [1.82, 2.24) is 0 Å². The molecule has 0 fully saturated rings. The van der Waals surface area contributed by atoms with Gasteiger partial charge in [-0.2, -0.15) is 0 Å². The highest BCUT2D eigenvalue weighted by atomic mass is 35.5. The van der Waals surface area contributed by atoms with E-state index in [0.29, 0.717) is 0 Å². The van der Waals surface area contributed by atoms with Crippen LogP contribution in [0.4, 0.5) is 0 Å². The molecule has 0 atom stereocenters. The Bertz CT molecular complexity index is 8.85. The fourth-order valence-corrected chi connectivity index (χ4v) is 0. The first-order chi connectivity index (χ1) is 1.91. The molecule has 0 saturated heterocycles. The second-order valence-electron chi connectivity index (χ2n) is 0.789. The number of hydrogen-bond acceptors (Lipinski definition) is 1. The first-order valence-electron chi connectivity index (χ1n) is 1.62. The fourth-order valence-electron chi connectivity index (χ4n) is 0. The van der Waals surface area contributed by atoms with Crippen LogP contribution in [0.25, 0.3) is 0 Å². The van der Waals surface area contributed by atoms with Crippen LogP contribution in [0, 0.1) is 0 Å². The van der Waals surface area contributed by atoms with Gasteiger partial charge in [-0.25, -0.2) is 0 Å². The Morgan fingerprint density at radius 3 is 1.80 bits per heavy atom. The van der Waals surface area contributed by atoms with Crippen LogP contribution in [0.3, 0.4) is 0 Å². The maximum Gasteiger partial charge on any atom is -0.00799 e. The molecule has 34 valence electrons. The van der Waals surface area contributed by atoms with Gasteiger partial charge in [-0.1, -0.05) is 6.92 Å². The van der Waals surface area contributed by atoms with E-state index in [1.54, 1.807) is 0 Å². The zero-order valence-corrected chi connectivity index (χ0v) is 4.13. The van der Waals surface area contributed by atoms with Crippen molar-refractivity contribution < 1.29 is 12.4 Å². The Labute approximate surface area is 39.0 Å². The predicted molar refractivity (Wildman–Crippen MR) is 19.3 cm³/mol. The van der Waals surface area contributed by atoms with Gasteiger partial charge in [0, 0.05) is 0 Å². The lowest BCUT2D eigenvalue weighted by molar-refractivity contribution is -0.00000105. The molecular formula is C3H9ClN-. The number of rotatable bonds is 1. The van der Waals surface area contributed by atoms with Gasteiger partial charge in [0.25, 0.3) is 0 Å². The van der Waals surface area contributed by atoms with E-state index in [4.69, 9.17) is 5.73 Å². The standard InChI is InChI=1S/C3H9N.ClH/c1-2-3-4;/h2-4H2,1H3;1H/p-1. The molecule has 0 bridgehead atoms. The Morgan fingerprint density at radius 1 is 1.60 bits per heavy atom. The van der Waals surface area contributed by atoms with Crippen molar-refractivity contribution in [1.29, 1.82) is 0 Å². The van der Waals surface area contributed by atoms with Crippen molar-refractivity contribution in [3.8, 4) is 0 Å². The van der Waals surface area contributed by atoms with Crippen LogP contribution in [-0.4, -0.2) is 6.54 Å². The molecule has 0 unspecified atom stereocenters. The third-order valence-electron chi connectivity index (χ3n) is 0.289. The van der Waals surface area contributed by atoms with Crippen LogP contribution < -0.4 is 18.1 Å². The monoisotopic (exact) mass is 94.0 g/mol. The van der Waals surface area contributed by atoms with E-state index in [2.05, 4.69) is 6.92 Å². The van der Waals surface area contributed by atoms with E-state index in [1.807, 2.05) is 0 Å². The molecule has 0 aromatic rings. The molecule has 1 nitrogen and oxygen atoms in total. The lowest BCUT2D eigenvalue weighted by Gasteiger charge is -1.70. The first-order valence-corrected chi connectivity index (χ1v) is 1.62. The summed E-state index contributed by atoms with van der Waals surface area (Å²) in [5, 5.41) is 0. The zero-order valence-electron chi connectivity index (χ0n) is 3.37. The molecule has 0 aromatic carbocycles. The molecule has 0 saturated carbocycles. The van der Waals surface area contributed by atoms with Crippen molar-refractivity contribution in [2.45, 2.75) is 13.3 Å². The maximum atomic E-state index is 5.03. The van der Waals surface area contributed by atoms with E-state index in [9.17, 15) is 0 Å². The van der Waals surface area contributed by atoms with Crippen molar-refractivity contribution in [2.75, 3.05) is 6.54 Å². The van der Waals surface area contributed by atoms with Gasteiger partial charge < -0.3 is 18.1 Å². The molecule has 5 heavy (non-hydrogen) atoms. The normalized spacial score (nSPS) is 6.00. The first kappa shape index (κ1) is 8.98. The third kappa shape index (κ3) is 13.8. The Hall–Kier alpha value is 0.250. The Balaban J connectivity index is 0. The minimum absolute atomic E-state index is 0. The summed E-state index contributed by atoms with van der Waals surface area (Å²) in [6.45, 7) is 2.88. The highest BCUT2D eigenvalue weighted by Gasteiger charge is 1.55. The topological polar surface area (TPSA) is 26.0 Å². The summed E-state index contributed by atoms with van der Waals surface area (Å²) in [7, 11) is 0. The third-order valence-corrected chi connectivity index (χ3v) is 0.289. The maximum absolute atomic E-state index is 5.03. The van der Waals surface area contributed by atoms with E-state index in [1.165, 1.54) is 0 Å². The van der Waals surface area contributed by atoms with Crippen molar-refractivity contribution in [2.24, 2.45) is 5.73 Å². The Kier molecular flexibility index (Phi) is 15.9. The van der Waals surface area contributed by atoms with Crippen molar-refractivity contribution in [3.05, 3.63) is 0 Å². The lowest BCUT2D eigenvalue weighted by Crippen LogP contribution is -3.00. The van der Waals surface area contributed by atoms with Crippen molar-refractivity contribution in [3.63, 3.8) is 0 Å². The number of hydrogen-bond donors (Lipinski definition) is 1. The van der Waals surface area contributed by atoms with E-state index in [0.717, 1.165) is 13.0 Å². The molecule has 0 spiro atoms. The molecule has 0 aliphatic heterocycles. The lowest BCUT2D eigenvalue weighted by atomic mass is 10.5. The predicted octanol–water partition coefficient (Wildman–Crippen LogP) is -2.64. The number of nitrogens with two attached hydrogens (primary N) is 1. The molecule has 0 amide bonds. The van der Waals surface area contributed by atoms with Gasteiger partial charge in [0.1, 0.15) is 0 Å². The summed E-state index contributed by atoms with van der Waals surface area (Å²) >= 11 is 0. The van der Waals surface area contributed by atoms with Gasteiger partial charge in [-0.05, 0) is 13.0 Å². The van der Waals surface area contributed by atoms with Crippen LogP contribution in [0.2, 0.25) is 0 Å². The van der Waals surface area contributed by atoms with Crippen LogP contribution in [0.15, 0.2) is 0 Å². The summed E-state index contributed by atoms with van der Waals surface area (Å²) in [4.78, 5) is 0. The molecule has 0 rings (SSSR count). The summed E-state index contributed by atoms with van der Waals surface area (Å²) < 4.78 is 0. The van der Waals surface area contributed by atoms with Gasteiger partial charge in [0.05, 0.1) is 0 Å². The second kappa shape index (κ2) is 8.87. The summed E-state index contributed by atoms with van der Waals surface area (Å²) in [6.07, 6.45) is 1.10. The largest absolute Gasteiger partial charge is 1.00 e. The van der Waals surface area contributed by atoms with Gasteiger partial charge in [-0.3, -0.25) is 0 Å². The summed E-state index contributed by atoms with van der Waals surface area (Å²) in [5.41, 5.74) is 5.03. The van der Waals surface area contributed by atoms with Gasteiger partial charge in [0.2, 0.25) is 0 Å². The molecular weight excluding hydrogens is 85.5 g/mol. The van der Waals surface area contributed by atoms with Gasteiger partial charge >= 0.3 is 0 Å². The van der Waals surface area contributed by atoms with Crippen LogP contribution in [0.5, 0.6) is 0 Å². The SMILES string of the molecule is CCCN.[Cl-]. The summed E-state index contributed by atoms with van der Waals surface area (Å²) in [5.74, 6) is 0.